The third-order valence-electron chi connectivity index (χ3n) is 7.60. The van der Waals surface area contributed by atoms with Crippen LogP contribution >= 0.6 is 0 Å². The lowest BCUT2D eigenvalue weighted by molar-refractivity contribution is 0.0536. The number of aromatic nitrogens is 1. The Kier molecular flexibility index (Phi) is 6.29. The Bertz CT molecular complexity index is 1820. The maximum absolute atomic E-state index is 13.4. The Morgan fingerprint density at radius 1 is 1.05 bits per heavy atom. The van der Waals surface area contributed by atoms with E-state index in [9.17, 15) is 14.7 Å². The number of carbonyl (C=O) groups excluding carboxylic acids is 2. The monoisotopic (exact) mass is 535 g/mol. The second-order valence-electron chi connectivity index (χ2n) is 10.3. The fourth-order valence-electron chi connectivity index (χ4n) is 5.57. The molecule has 2 amide bonds. The number of carbonyl (C=O) groups is 2. The number of fused-ring (bicyclic) bond motifs is 4. The highest BCUT2D eigenvalue weighted by molar-refractivity contribution is 6.20. The van der Waals surface area contributed by atoms with Crippen LogP contribution in [0, 0.1) is 13.8 Å². The first kappa shape index (κ1) is 25.6. The van der Waals surface area contributed by atoms with Crippen LogP contribution in [0.1, 0.15) is 37.4 Å². The number of benzene rings is 4. The van der Waals surface area contributed by atoms with Crippen molar-refractivity contribution in [2.45, 2.75) is 26.5 Å². The van der Waals surface area contributed by atoms with Crippen molar-refractivity contribution >= 4 is 39.3 Å². The number of aryl methyl sites for hydroxylation is 1. The number of H-pyrrole nitrogens is 1. The number of aromatic amines is 1. The first-order valence-electron chi connectivity index (χ1n) is 13.1. The molecule has 1 atom stereocenters. The molecular formula is C32H29N3O5. The SMILES string of the molecule is Cc1ccc2c(c1)C(=O)N(c1cccc(-c3ccc(C(N)=O)c4[nH]c5cc(OCC(O)CO)ccc5c34)c1C)C2. The molecule has 0 saturated heterocycles. The Labute approximate surface area is 230 Å². The highest BCUT2D eigenvalue weighted by Gasteiger charge is 2.30. The van der Waals surface area contributed by atoms with E-state index >= 15 is 0 Å². The van der Waals surface area contributed by atoms with Crippen LogP contribution in [0.15, 0.2) is 66.7 Å². The van der Waals surface area contributed by atoms with Crippen molar-refractivity contribution < 1.29 is 24.5 Å². The molecule has 5 aromatic rings. The molecule has 8 nitrogen and oxygen atoms in total. The van der Waals surface area contributed by atoms with Gasteiger partial charge in [-0.3, -0.25) is 9.59 Å². The molecule has 0 radical (unpaired) electrons. The Hall–Kier alpha value is -4.66. The lowest BCUT2D eigenvalue weighted by atomic mass is 9.93. The highest BCUT2D eigenvalue weighted by atomic mass is 16.5. The van der Waals surface area contributed by atoms with Gasteiger partial charge in [0.05, 0.1) is 29.7 Å². The molecule has 1 aliphatic heterocycles. The van der Waals surface area contributed by atoms with E-state index in [1.54, 1.807) is 18.2 Å². The van der Waals surface area contributed by atoms with E-state index in [0.29, 0.717) is 23.4 Å². The van der Waals surface area contributed by atoms with Crippen molar-refractivity contribution in [2.24, 2.45) is 5.73 Å². The summed E-state index contributed by atoms with van der Waals surface area (Å²) in [5, 5.41) is 20.4. The average Bonchev–Trinajstić information content (AvgIpc) is 3.48. The molecule has 8 heteroatoms. The number of amides is 2. The van der Waals surface area contributed by atoms with Crippen LogP contribution < -0.4 is 15.4 Å². The van der Waals surface area contributed by atoms with Crippen molar-refractivity contribution in [1.82, 2.24) is 4.98 Å². The number of rotatable bonds is 7. The number of anilines is 1. The van der Waals surface area contributed by atoms with Gasteiger partial charge in [-0.05, 0) is 66.4 Å². The van der Waals surface area contributed by atoms with Gasteiger partial charge in [0.2, 0.25) is 0 Å². The molecule has 40 heavy (non-hydrogen) atoms. The van der Waals surface area contributed by atoms with Crippen molar-refractivity contribution in [1.29, 1.82) is 0 Å². The summed E-state index contributed by atoms with van der Waals surface area (Å²) in [7, 11) is 0. The van der Waals surface area contributed by atoms with Gasteiger partial charge in [-0.2, -0.15) is 0 Å². The number of hydrogen-bond donors (Lipinski definition) is 4. The molecule has 5 N–H and O–H groups in total. The minimum absolute atomic E-state index is 0.0147. The third-order valence-corrected chi connectivity index (χ3v) is 7.60. The molecule has 4 aromatic carbocycles. The van der Waals surface area contributed by atoms with Gasteiger partial charge >= 0.3 is 0 Å². The number of aliphatic hydroxyl groups excluding tert-OH is 2. The minimum Gasteiger partial charge on any atom is -0.491 e. The summed E-state index contributed by atoms with van der Waals surface area (Å²) in [4.78, 5) is 30.9. The zero-order valence-electron chi connectivity index (χ0n) is 22.2. The molecular weight excluding hydrogens is 506 g/mol. The normalized spacial score (nSPS) is 13.7. The van der Waals surface area contributed by atoms with E-state index in [1.807, 2.05) is 67.3 Å². The van der Waals surface area contributed by atoms with Crippen LogP contribution in [0.5, 0.6) is 5.75 Å². The van der Waals surface area contributed by atoms with E-state index in [0.717, 1.165) is 55.4 Å². The molecule has 2 heterocycles. The molecule has 0 aliphatic carbocycles. The fourth-order valence-corrected chi connectivity index (χ4v) is 5.57. The van der Waals surface area contributed by atoms with Gasteiger partial charge in [0.1, 0.15) is 18.5 Å². The summed E-state index contributed by atoms with van der Waals surface area (Å²) >= 11 is 0. The minimum atomic E-state index is -0.985. The summed E-state index contributed by atoms with van der Waals surface area (Å²) in [5.74, 6) is -0.0554. The van der Waals surface area contributed by atoms with Crippen LogP contribution in [-0.2, 0) is 6.54 Å². The summed E-state index contributed by atoms with van der Waals surface area (Å²) < 4.78 is 5.63. The van der Waals surface area contributed by atoms with E-state index < -0.39 is 18.6 Å². The molecule has 6 rings (SSSR count). The molecule has 0 fully saturated rings. The molecule has 0 bridgehead atoms. The van der Waals surface area contributed by atoms with Crippen LogP contribution in [0.4, 0.5) is 5.69 Å². The molecule has 0 saturated carbocycles. The lowest BCUT2D eigenvalue weighted by Gasteiger charge is -2.21. The Morgan fingerprint density at radius 2 is 1.88 bits per heavy atom. The van der Waals surface area contributed by atoms with Gasteiger partial charge in [-0.1, -0.05) is 35.9 Å². The third kappa shape index (κ3) is 4.18. The maximum Gasteiger partial charge on any atom is 0.258 e. The van der Waals surface area contributed by atoms with Crippen molar-refractivity contribution in [3.05, 3.63) is 94.5 Å². The van der Waals surface area contributed by atoms with E-state index in [-0.39, 0.29) is 12.5 Å². The average molecular weight is 536 g/mol. The van der Waals surface area contributed by atoms with Gasteiger partial charge in [-0.25, -0.2) is 0 Å². The summed E-state index contributed by atoms with van der Waals surface area (Å²) in [6.07, 6.45) is -0.985. The first-order valence-corrected chi connectivity index (χ1v) is 13.1. The molecule has 0 spiro atoms. The summed E-state index contributed by atoms with van der Waals surface area (Å²) in [5.41, 5.74) is 13.9. The number of nitrogens with one attached hydrogen (secondary N) is 1. The fraction of sp³-hybridized carbons (Fsp3) is 0.188. The van der Waals surface area contributed by atoms with Crippen LogP contribution in [-0.4, -0.2) is 46.3 Å². The van der Waals surface area contributed by atoms with Gasteiger partial charge in [0.15, 0.2) is 0 Å². The van der Waals surface area contributed by atoms with Gasteiger partial charge in [-0.15, -0.1) is 0 Å². The van der Waals surface area contributed by atoms with Gasteiger partial charge in [0.25, 0.3) is 11.8 Å². The van der Waals surface area contributed by atoms with Crippen molar-refractivity contribution in [2.75, 3.05) is 18.1 Å². The Balaban J connectivity index is 1.48. The summed E-state index contributed by atoms with van der Waals surface area (Å²) in [6.45, 7) is 4.05. The summed E-state index contributed by atoms with van der Waals surface area (Å²) in [6, 6.07) is 21.0. The topological polar surface area (TPSA) is 129 Å². The zero-order chi connectivity index (χ0) is 28.1. The number of ether oxygens (including phenoxy) is 1. The molecule has 1 aliphatic rings. The van der Waals surface area contributed by atoms with Crippen LogP contribution in [0.2, 0.25) is 0 Å². The zero-order valence-corrected chi connectivity index (χ0v) is 22.2. The van der Waals surface area contributed by atoms with Crippen molar-refractivity contribution in [3.63, 3.8) is 0 Å². The second kappa shape index (κ2) is 9.82. The van der Waals surface area contributed by atoms with Gasteiger partial charge < -0.3 is 30.6 Å². The quantitative estimate of drug-likeness (QED) is 0.242. The standard InChI is InChI=1S/C32H29N3O5/c1-17-6-7-19-14-35(32(39)26(19)12-17)28-5-3-4-22(18(28)2)23-10-11-25(31(33)38)30-29(23)24-9-8-21(13-27(24)34-30)40-16-20(37)15-36/h3-13,20,34,36-37H,14-16H2,1-2H3,(H2,33,38). The number of nitrogens with zero attached hydrogens (tertiary/aromatic N) is 1. The van der Waals surface area contributed by atoms with Crippen LogP contribution in [0.25, 0.3) is 32.9 Å². The van der Waals surface area contributed by atoms with E-state index in [2.05, 4.69) is 4.98 Å². The predicted molar refractivity (Wildman–Crippen MR) is 155 cm³/mol. The number of aliphatic hydroxyl groups is 2. The molecule has 202 valence electrons. The Morgan fingerprint density at radius 3 is 2.65 bits per heavy atom. The van der Waals surface area contributed by atoms with Crippen molar-refractivity contribution in [3.8, 4) is 16.9 Å². The largest absolute Gasteiger partial charge is 0.491 e. The molecule has 1 unspecified atom stereocenters. The second-order valence-corrected chi connectivity index (χ2v) is 10.3. The molecule has 1 aromatic heterocycles. The smallest absolute Gasteiger partial charge is 0.258 e. The lowest BCUT2D eigenvalue weighted by Crippen LogP contribution is -2.24. The first-order chi connectivity index (χ1) is 19.3. The number of nitrogens with two attached hydrogens (primary N) is 1. The van der Waals surface area contributed by atoms with E-state index in [4.69, 9.17) is 15.6 Å². The highest BCUT2D eigenvalue weighted by Crippen LogP contribution is 2.41. The predicted octanol–water partition coefficient (Wildman–Crippen LogP) is 4.60. The maximum atomic E-state index is 13.4. The number of primary amides is 1. The van der Waals surface area contributed by atoms with E-state index in [1.165, 1.54) is 0 Å². The number of hydrogen-bond acceptors (Lipinski definition) is 5. The van der Waals surface area contributed by atoms with Gasteiger partial charge in [0, 0.05) is 28.1 Å². The van der Waals surface area contributed by atoms with Crippen LogP contribution in [0.3, 0.4) is 0 Å².